The first-order valence-corrected chi connectivity index (χ1v) is 13.6. The Morgan fingerprint density at radius 3 is 2.18 bits per heavy atom. The minimum atomic E-state index is -0.0788. The van der Waals surface area contributed by atoms with Crippen LogP contribution in [-0.2, 0) is 24.5 Å². The van der Waals surface area contributed by atoms with Crippen molar-refractivity contribution in [2.24, 2.45) is 4.99 Å². The maximum Gasteiger partial charge on any atom is 0.267 e. The van der Waals surface area contributed by atoms with Gasteiger partial charge in [0.05, 0.1) is 23.0 Å². The zero-order valence-electron chi connectivity index (χ0n) is 20.4. The van der Waals surface area contributed by atoms with Crippen molar-refractivity contribution in [3.63, 3.8) is 0 Å². The van der Waals surface area contributed by atoms with Gasteiger partial charge in [0.2, 0.25) is 0 Å². The van der Waals surface area contributed by atoms with Gasteiger partial charge in [0.25, 0.3) is 5.91 Å². The lowest BCUT2D eigenvalue weighted by Gasteiger charge is -2.15. The highest BCUT2D eigenvalue weighted by atomic mass is 35.5. The highest BCUT2D eigenvalue weighted by molar-refractivity contribution is 8.18. The molecule has 1 saturated heterocycles. The number of amides is 1. The standard InChI is InChI=1S/C31H24Cl2N2O2S/c32-26-14-11-24(12-15-26)21-37-28-16-13-25(17-27(28)33)18-29-30(36)35(20-23-9-5-2-6-10-23)31(38-29)34-19-22-7-3-1-4-8-22/h1-18H,19-21H2/b29-18+,34-31?. The molecule has 4 aromatic carbocycles. The largest absolute Gasteiger partial charge is 0.487 e. The molecule has 0 bridgehead atoms. The molecular formula is C31H24Cl2N2O2S. The number of rotatable bonds is 8. The number of hydrogen-bond acceptors (Lipinski definition) is 4. The Kier molecular flexibility index (Phi) is 8.49. The van der Waals surface area contributed by atoms with Gasteiger partial charge in [-0.3, -0.25) is 14.7 Å². The van der Waals surface area contributed by atoms with E-state index >= 15 is 0 Å². The third-order valence-electron chi connectivity index (χ3n) is 5.87. The van der Waals surface area contributed by atoms with Gasteiger partial charge in [-0.15, -0.1) is 0 Å². The molecule has 5 rings (SSSR count). The van der Waals surface area contributed by atoms with Crippen molar-refractivity contribution < 1.29 is 9.53 Å². The zero-order valence-corrected chi connectivity index (χ0v) is 22.7. The van der Waals surface area contributed by atoms with Crippen molar-refractivity contribution in [3.8, 4) is 5.75 Å². The van der Waals surface area contributed by atoms with E-state index in [1.165, 1.54) is 11.8 Å². The van der Waals surface area contributed by atoms with Gasteiger partial charge >= 0.3 is 0 Å². The Balaban J connectivity index is 1.34. The number of carbonyl (C=O) groups is 1. The van der Waals surface area contributed by atoms with E-state index in [0.717, 1.165) is 22.3 Å². The molecule has 0 unspecified atom stereocenters. The predicted octanol–water partition coefficient (Wildman–Crippen LogP) is 8.25. The topological polar surface area (TPSA) is 41.9 Å². The van der Waals surface area contributed by atoms with Crippen LogP contribution < -0.4 is 4.74 Å². The van der Waals surface area contributed by atoms with Crippen molar-refractivity contribution in [1.29, 1.82) is 0 Å². The quantitative estimate of drug-likeness (QED) is 0.204. The summed E-state index contributed by atoms with van der Waals surface area (Å²) < 4.78 is 5.89. The van der Waals surface area contributed by atoms with E-state index in [9.17, 15) is 4.79 Å². The van der Waals surface area contributed by atoms with Crippen LogP contribution in [0, 0.1) is 0 Å². The lowest BCUT2D eigenvalue weighted by atomic mass is 10.2. The normalized spacial score (nSPS) is 15.4. The maximum atomic E-state index is 13.5. The fourth-order valence-electron chi connectivity index (χ4n) is 3.89. The zero-order chi connectivity index (χ0) is 26.3. The number of ether oxygens (including phenoxy) is 1. The third kappa shape index (κ3) is 6.67. The summed E-state index contributed by atoms with van der Waals surface area (Å²) >= 11 is 13.9. The number of amidine groups is 1. The number of halogens is 2. The van der Waals surface area contributed by atoms with Crippen molar-refractivity contribution in [3.05, 3.63) is 140 Å². The summed E-state index contributed by atoms with van der Waals surface area (Å²) in [6.07, 6.45) is 1.85. The van der Waals surface area contributed by atoms with E-state index in [0.29, 0.717) is 45.6 Å². The van der Waals surface area contributed by atoms with E-state index in [2.05, 4.69) is 0 Å². The first-order chi connectivity index (χ1) is 18.5. The van der Waals surface area contributed by atoms with Crippen LogP contribution in [-0.4, -0.2) is 16.0 Å². The molecule has 1 heterocycles. The van der Waals surface area contributed by atoms with Crippen LogP contribution in [0.4, 0.5) is 0 Å². The third-order valence-corrected chi connectivity index (χ3v) is 7.46. The molecule has 1 fully saturated rings. The van der Waals surface area contributed by atoms with Crippen LogP contribution in [0.2, 0.25) is 10.0 Å². The predicted molar refractivity (Wildman–Crippen MR) is 157 cm³/mol. The lowest BCUT2D eigenvalue weighted by Crippen LogP contribution is -2.28. The van der Waals surface area contributed by atoms with Crippen LogP contribution in [0.3, 0.4) is 0 Å². The first kappa shape index (κ1) is 26.1. The van der Waals surface area contributed by atoms with Gasteiger partial charge in [0, 0.05) is 5.02 Å². The molecule has 7 heteroatoms. The van der Waals surface area contributed by atoms with Crippen molar-refractivity contribution in [2.75, 3.05) is 0 Å². The highest BCUT2D eigenvalue weighted by Gasteiger charge is 2.33. The first-order valence-electron chi connectivity index (χ1n) is 12.1. The number of nitrogens with zero attached hydrogens (tertiary/aromatic N) is 2. The van der Waals surface area contributed by atoms with Crippen molar-refractivity contribution in [2.45, 2.75) is 19.7 Å². The van der Waals surface area contributed by atoms with Crippen LogP contribution in [0.15, 0.2) is 113 Å². The second-order valence-corrected chi connectivity index (χ2v) is 10.5. The van der Waals surface area contributed by atoms with Gasteiger partial charge in [0.15, 0.2) is 5.17 Å². The van der Waals surface area contributed by atoms with E-state index < -0.39 is 0 Å². The molecule has 0 aliphatic carbocycles. The number of hydrogen-bond donors (Lipinski definition) is 0. The Morgan fingerprint density at radius 2 is 1.50 bits per heavy atom. The fourth-order valence-corrected chi connectivity index (χ4v) is 5.24. The summed E-state index contributed by atoms with van der Waals surface area (Å²) in [6.45, 7) is 1.33. The summed E-state index contributed by atoms with van der Waals surface area (Å²) in [5, 5.41) is 1.84. The van der Waals surface area contributed by atoms with Gasteiger partial charge in [-0.05, 0) is 64.4 Å². The summed E-state index contributed by atoms with van der Waals surface area (Å²) in [5.41, 5.74) is 3.94. The molecule has 0 atom stereocenters. The molecule has 1 aliphatic rings. The maximum absolute atomic E-state index is 13.5. The number of aliphatic imine (C=N–C) groups is 1. The summed E-state index contributed by atoms with van der Waals surface area (Å²) in [4.78, 5) is 20.6. The fraction of sp³-hybridized carbons (Fsp3) is 0.0968. The summed E-state index contributed by atoms with van der Waals surface area (Å²) in [5.74, 6) is 0.495. The van der Waals surface area contributed by atoms with E-state index in [1.54, 1.807) is 11.0 Å². The second kappa shape index (κ2) is 12.4. The van der Waals surface area contributed by atoms with Gasteiger partial charge in [-0.25, -0.2) is 0 Å². The van der Waals surface area contributed by atoms with Gasteiger partial charge < -0.3 is 4.74 Å². The van der Waals surface area contributed by atoms with Crippen LogP contribution in [0.25, 0.3) is 6.08 Å². The summed E-state index contributed by atoms with van der Waals surface area (Å²) in [7, 11) is 0. The Bertz CT molecular complexity index is 1470. The van der Waals surface area contributed by atoms with E-state index in [1.807, 2.05) is 103 Å². The van der Waals surface area contributed by atoms with Crippen LogP contribution in [0.5, 0.6) is 5.75 Å². The average molecular weight is 560 g/mol. The molecule has 0 N–H and O–H groups in total. The molecule has 0 spiro atoms. The van der Waals surface area contributed by atoms with Gasteiger partial charge in [-0.2, -0.15) is 0 Å². The SMILES string of the molecule is O=C1/C(=C\c2ccc(OCc3ccc(Cl)cc3)c(Cl)c2)SC(=NCc2ccccc2)N1Cc1ccccc1. The molecule has 38 heavy (non-hydrogen) atoms. The molecule has 4 nitrogen and oxygen atoms in total. The lowest BCUT2D eigenvalue weighted by molar-refractivity contribution is -0.122. The molecule has 190 valence electrons. The number of benzene rings is 4. The molecule has 0 radical (unpaired) electrons. The number of carbonyl (C=O) groups excluding carboxylic acids is 1. The van der Waals surface area contributed by atoms with Gasteiger partial charge in [-0.1, -0.05) is 102 Å². The molecule has 0 aromatic heterocycles. The van der Waals surface area contributed by atoms with Crippen molar-refractivity contribution in [1.82, 2.24) is 4.90 Å². The molecule has 0 saturated carbocycles. The number of thioether (sulfide) groups is 1. The monoisotopic (exact) mass is 558 g/mol. The Labute approximate surface area is 236 Å². The smallest absolute Gasteiger partial charge is 0.267 e. The average Bonchev–Trinajstić information content (AvgIpc) is 3.22. The van der Waals surface area contributed by atoms with Crippen LogP contribution >= 0.6 is 35.0 Å². The molecule has 1 amide bonds. The van der Waals surface area contributed by atoms with E-state index in [-0.39, 0.29) is 5.91 Å². The molecular weight excluding hydrogens is 535 g/mol. The van der Waals surface area contributed by atoms with Crippen LogP contribution in [0.1, 0.15) is 22.3 Å². The molecule has 4 aromatic rings. The molecule has 1 aliphatic heterocycles. The highest BCUT2D eigenvalue weighted by Crippen LogP contribution is 2.35. The minimum Gasteiger partial charge on any atom is -0.487 e. The minimum absolute atomic E-state index is 0.0788. The summed E-state index contributed by atoms with van der Waals surface area (Å²) in [6, 6.07) is 32.9. The van der Waals surface area contributed by atoms with E-state index in [4.69, 9.17) is 32.9 Å². The Hall–Kier alpha value is -3.51. The Morgan fingerprint density at radius 1 is 0.816 bits per heavy atom. The van der Waals surface area contributed by atoms with Gasteiger partial charge in [0.1, 0.15) is 12.4 Å². The second-order valence-electron chi connectivity index (χ2n) is 8.68. The van der Waals surface area contributed by atoms with Crippen molar-refractivity contribution >= 4 is 52.1 Å².